The molecule has 0 radical (unpaired) electrons. The van der Waals surface area contributed by atoms with Gasteiger partial charge in [-0.1, -0.05) is 41.9 Å². The molecule has 1 aromatic heterocycles. The van der Waals surface area contributed by atoms with E-state index in [1.807, 2.05) is 38.1 Å². The number of thiocarbonyl (C=S) groups is 1. The largest absolute Gasteiger partial charge is 0.356 e. The summed E-state index contributed by atoms with van der Waals surface area (Å²) in [6.45, 7) is 3.99. The Kier molecular flexibility index (Phi) is 4.93. The van der Waals surface area contributed by atoms with Crippen LogP contribution in [0.3, 0.4) is 0 Å². The molecule has 104 valence electrons. The van der Waals surface area contributed by atoms with E-state index < -0.39 is 0 Å². The molecular weight excluding hydrogens is 290 g/mol. The standard InChI is InChI=1S/C15H16ClN3S/c1-10-8-13(16)14(17-9-10)19-15(20)18-11(2)12-6-4-3-5-7-12/h3-9,11H,1-2H3,(H2,17,18,19,20)/t11-/m1/s1. The third kappa shape index (κ3) is 3.92. The maximum Gasteiger partial charge on any atom is 0.172 e. The van der Waals surface area contributed by atoms with E-state index in [2.05, 4.69) is 27.8 Å². The molecule has 0 saturated heterocycles. The smallest absolute Gasteiger partial charge is 0.172 e. The van der Waals surface area contributed by atoms with Crippen molar-refractivity contribution in [3.63, 3.8) is 0 Å². The highest BCUT2D eigenvalue weighted by Crippen LogP contribution is 2.20. The molecule has 2 aromatic rings. The molecule has 0 amide bonds. The van der Waals surface area contributed by atoms with Gasteiger partial charge >= 0.3 is 0 Å². The highest BCUT2D eigenvalue weighted by molar-refractivity contribution is 7.80. The van der Waals surface area contributed by atoms with Crippen LogP contribution in [0.4, 0.5) is 5.82 Å². The van der Waals surface area contributed by atoms with Crippen molar-refractivity contribution in [2.75, 3.05) is 5.32 Å². The summed E-state index contributed by atoms with van der Waals surface area (Å²) in [6, 6.07) is 12.1. The molecule has 0 aliphatic rings. The summed E-state index contributed by atoms with van der Waals surface area (Å²) >= 11 is 11.4. The van der Waals surface area contributed by atoms with Crippen LogP contribution in [0.25, 0.3) is 0 Å². The van der Waals surface area contributed by atoms with Crippen molar-refractivity contribution >= 4 is 34.7 Å². The highest BCUT2D eigenvalue weighted by atomic mass is 35.5. The summed E-state index contributed by atoms with van der Waals surface area (Å²) in [7, 11) is 0. The number of aromatic nitrogens is 1. The predicted molar refractivity (Wildman–Crippen MR) is 88.2 cm³/mol. The molecule has 0 unspecified atom stereocenters. The van der Waals surface area contributed by atoms with Gasteiger partial charge in [0.2, 0.25) is 0 Å². The van der Waals surface area contributed by atoms with Crippen molar-refractivity contribution in [1.82, 2.24) is 10.3 Å². The molecular formula is C15H16ClN3S. The second kappa shape index (κ2) is 6.68. The van der Waals surface area contributed by atoms with E-state index in [1.54, 1.807) is 6.20 Å². The second-order valence-electron chi connectivity index (χ2n) is 4.57. The van der Waals surface area contributed by atoms with Gasteiger partial charge in [-0.05, 0) is 43.3 Å². The zero-order valence-electron chi connectivity index (χ0n) is 11.4. The van der Waals surface area contributed by atoms with Gasteiger partial charge in [-0.15, -0.1) is 0 Å². The van der Waals surface area contributed by atoms with Crippen LogP contribution >= 0.6 is 23.8 Å². The maximum absolute atomic E-state index is 6.11. The van der Waals surface area contributed by atoms with E-state index in [4.69, 9.17) is 23.8 Å². The SMILES string of the molecule is Cc1cnc(NC(=S)N[C@H](C)c2ccccc2)c(Cl)c1. The summed E-state index contributed by atoms with van der Waals surface area (Å²) < 4.78 is 0. The van der Waals surface area contributed by atoms with Crippen molar-refractivity contribution in [1.29, 1.82) is 0 Å². The van der Waals surface area contributed by atoms with Gasteiger partial charge in [0.1, 0.15) is 0 Å². The average molecular weight is 306 g/mol. The summed E-state index contributed by atoms with van der Waals surface area (Å²) in [4.78, 5) is 4.23. The number of aryl methyl sites for hydroxylation is 1. The molecule has 2 N–H and O–H groups in total. The van der Waals surface area contributed by atoms with Crippen molar-refractivity contribution in [2.24, 2.45) is 0 Å². The van der Waals surface area contributed by atoms with Gasteiger partial charge in [0, 0.05) is 6.20 Å². The van der Waals surface area contributed by atoms with E-state index in [1.165, 1.54) is 5.56 Å². The minimum Gasteiger partial charge on any atom is -0.356 e. The van der Waals surface area contributed by atoms with Gasteiger partial charge in [-0.2, -0.15) is 0 Å². The number of rotatable bonds is 3. The molecule has 1 aromatic carbocycles. The zero-order chi connectivity index (χ0) is 14.5. The monoisotopic (exact) mass is 305 g/mol. The van der Waals surface area contributed by atoms with Crippen LogP contribution in [0.1, 0.15) is 24.1 Å². The normalized spacial score (nSPS) is 11.8. The number of benzene rings is 1. The topological polar surface area (TPSA) is 37.0 Å². The lowest BCUT2D eigenvalue weighted by atomic mass is 10.1. The van der Waals surface area contributed by atoms with Crippen LogP contribution in [0, 0.1) is 6.92 Å². The van der Waals surface area contributed by atoms with Gasteiger partial charge in [0.15, 0.2) is 10.9 Å². The number of nitrogens with zero attached hydrogens (tertiary/aromatic N) is 1. The van der Waals surface area contributed by atoms with Gasteiger partial charge in [-0.3, -0.25) is 0 Å². The van der Waals surface area contributed by atoms with Crippen LogP contribution in [-0.2, 0) is 0 Å². The fourth-order valence-electron chi connectivity index (χ4n) is 1.79. The Morgan fingerprint density at radius 2 is 2.00 bits per heavy atom. The minimum absolute atomic E-state index is 0.112. The fraction of sp³-hybridized carbons (Fsp3) is 0.200. The van der Waals surface area contributed by atoms with Crippen molar-refractivity contribution in [3.8, 4) is 0 Å². The first-order valence-electron chi connectivity index (χ1n) is 6.31. The molecule has 0 aliphatic carbocycles. The Bertz CT molecular complexity index is 601. The summed E-state index contributed by atoms with van der Waals surface area (Å²) in [6.07, 6.45) is 1.75. The first-order valence-corrected chi connectivity index (χ1v) is 7.09. The number of nitrogens with one attached hydrogen (secondary N) is 2. The van der Waals surface area contributed by atoms with Crippen molar-refractivity contribution < 1.29 is 0 Å². The van der Waals surface area contributed by atoms with E-state index in [0.29, 0.717) is 16.0 Å². The lowest BCUT2D eigenvalue weighted by Crippen LogP contribution is -2.31. The summed E-state index contributed by atoms with van der Waals surface area (Å²) in [5, 5.41) is 7.28. The van der Waals surface area contributed by atoms with E-state index in [9.17, 15) is 0 Å². The highest BCUT2D eigenvalue weighted by Gasteiger charge is 2.08. The Morgan fingerprint density at radius 1 is 1.30 bits per heavy atom. The van der Waals surface area contributed by atoms with Gasteiger partial charge in [0.25, 0.3) is 0 Å². The van der Waals surface area contributed by atoms with Gasteiger partial charge < -0.3 is 10.6 Å². The van der Waals surface area contributed by atoms with Gasteiger partial charge in [0.05, 0.1) is 11.1 Å². The van der Waals surface area contributed by atoms with Crippen LogP contribution in [0.5, 0.6) is 0 Å². The van der Waals surface area contributed by atoms with Gasteiger partial charge in [-0.25, -0.2) is 4.98 Å². The predicted octanol–water partition coefficient (Wildman–Crippen LogP) is 4.09. The molecule has 0 aliphatic heterocycles. The maximum atomic E-state index is 6.11. The van der Waals surface area contributed by atoms with Crippen LogP contribution in [0.2, 0.25) is 5.02 Å². The molecule has 3 nitrogen and oxygen atoms in total. The second-order valence-corrected chi connectivity index (χ2v) is 5.39. The lowest BCUT2D eigenvalue weighted by molar-refractivity contribution is 0.722. The fourth-order valence-corrected chi connectivity index (χ4v) is 2.33. The Balaban J connectivity index is 1.99. The van der Waals surface area contributed by atoms with Crippen LogP contribution < -0.4 is 10.6 Å². The third-order valence-corrected chi connectivity index (χ3v) is 3.37. The molecule has 5 heteroatoms. The third-order valence-electron chi connectivity index (χ3n) is 2.86. The van der Waals surface area contributed by atoms with Crippen LogP contribution in [-0.4, -0.2) is 10.1 Å². The number of hydrogen-bond acceptors (Lipinski definition) is 2. The van der Waals surface area contributed by atoms with E-state index in [-0.39, 0.29) is 6.04 Å². The van der Waals surface area contributed by atoms with Crippen LogP contribution in [0.15, 0.2) is 42.6 Å². The number of halogens is 1. The van der Waals surface area contributed by atoms with E-state index >= 15 is 0 Å². The average Bonchev–Trinajstić information content (AvgIpc) is 2.43. The molecule has 0 fully saturated rings. The van der Waals surface area contributed by atoms with Crippen molar-refractivity contribution in [3.05, 3.63) is 58.7 Å². The molecule has 20 heavy (non-hydrogen) atoms. The first kappa shape index (κ1) is 14.8. The molecule has 1 heterocycles. The zero-order valence-corrected chi connectivity index (χ0v) is 12.9. The molecule has 2 rings (SSSR count). The minimum atomic E-state index is 0.112. The number of anilines is 1. The molecule has 0 bridgehead atoms. The quantitative estimate of drug-likeness (QED) is 0.838. The lowest BCUT2D eigenvalue weighted by Gasteiger charge is -2.17. The Labute approximate surface area is 129 Å². The van der Waals surface area contributed by atoms with E-state index in [0.717, 1.165) is 5.56 Å². The molecule has 0 spiro atoms. The Hall–Kier alpha value is -1.65. The summed E-state index contributed by atoms with van der Waals surface area (Å²) in [5.74, 6) is 0.565. The number of hydrogen-bond donors (Lipinski definition) is 2. The van der Waals surface area contributed by atoms with Crippen molar-refractivity contribution in [2.45, 2.75) is 19.9 Å². The molecule has 0 saturated carbocycles. The Morgan fingerprint density at radius 3 is 2.65 bits per heavy atom. The number of pyridine rings is 1. The first-order chi connectivity index (χ1) is 9.56. The molecule has 1 atom stereocenters. The summed E-state index contributed by atoms with van der Waals surface area (Å²) in [5.41, 5.74) is 2.18.